The second-order valence-corrected chi connectivity index (χ2v) is 8.44. The largest absolute Gasteiger partial charge is 0.352 e. The highest BCUT2D eigenvalue weighted by Gasteiger charge is 2.36. The van der Waals surface area contributed by atoms with Gasteiger partial charge in [-0.1, -0.05) is 5.57 Å². The van der Waals surface area contributed by atoms with Gasteiger partial charge in [-0.3, -0.25) is 4.79 Å². The molecule has 1 aliphatic heterocycles. The van der Waals surface area contributed by atoms with Gasteiger partial charge in [0.2, 0.25) is 5.91 Å². The Labute approximate surface area is 114 Å². The minimum absolute atomic E-state index is 0.0295. The Hall–Kier alpha value is -0.840. The summed E-state index contributed by atoms with van der Waals surface area (Å²) in [5, 5.41) is 2.88. The predicted octanol–water partition coefficient (Wildman–Crippen LogP) is 1.28. The number of sulfone groups is 1. The molecule has 3 fully saturated rings. The molecule has 1 amide bonds. The fourth-order valence-corrected chi connectivity index (χ4v) is 4.74. The third-order valence-corrected chi connectivity index (χ3v) is 6.12. The topological polar surface area (TPSA) is 63.2 Å². The molecule has 0 radical (unpaired) electrons. The van der Waals surface area contributed by atoms with E-state index in [0.29, 0.717) is 24.8 Å². The first kappa shape index (κ1) is 13.2. The normalized spacial score (nSPS) is 28.9. The van der Waals surface area contributed by atoms with Gasteiger partial charge in [0.15, 0.2) is 9.84 Å². The highest BCUT2D eigenvalue weighted by atomic mass is 32.2. The van der Waals surface area contributed by atoms with E-state index in [9.17, 15) is 13.2 Å². The summed E-state index contributed by atoms with van der Waals surface area (Å²) in [6.07, 6.45) is 7.41. The number of carbonyl (C=O) groups is 1. The molecule has 106 valence electrons. The van der Waals surface area contributed by atoms with Crippen molar-refractivity contribution in [2.24, 2.45) is 17.8 Å². The molecular formula is C14H21NO3S. The van der Waals surface area contributed by atoms with Crippen LogP contribution in [0.1, 0.15) is 32.1 Å². The lowest BCUT2D eigenvalue weighted by molar-refractivity contribution is -0.116. The monoisotopic (exact) mass is 283 g/mol. The van der Waals surface area contributed by atoms with Crippen molar-refractivity contribution in [3.05, 3.63) is 11.6 Å². The highest BCUT2D eigenvalue weighted by Crippen LogP contribution is 2.48. The Morgan fingerprint density at radius 3 is 2.21 bits per heavy atom. The van der Waals surface area contributed by atoms with Crippen LogP contribution in [-0.2, 0) is 14.6 Å². The SMILES string of the molecule is O=C(C=C(C1CC1)C1CC1)NCC1CCS(=O)(=O)C1. The van der Waals surface area contributed by atoms with E-state index in [0.717, 1.165) is 0 Å². The van der Waals surface area contributed by atoms with Crippen LogP contribution in [0.4, 0.5) is 0 Å². The van der Waals surface area contributed by atoms with Crippen LogP contribution in [0.15, 0.2) is 11.6 Å². The van der Waals surface area contributed by atoms with Crippen molar-refractivity contribution in [2.45, 2.75) is 32.1 Å². The van der Waals surface area contributed by atoms with Crippen LogP contribution >= 0.6 is 0 Å². The molecule has 4 nitrogen and oxygen atoms in total. The van der Waals surface area contributed by atoms with Gasteiger partial charge in [-0.05, 0) is 49.9 Å². The molecule has 1 atom stereocenters. The maximum absolute atomic E-state index is 11.9. The summed E-state index contributed by atoms with van der Waals surface area (Å²) in [4.78, 5) is 11.9. The van der Waals surface area contributed by atoms with Crippen molar-refractivity contribution >= 4 is 15.7 Å². The fourth-order valence-electron chi connectivity index (χ4n) is 2.88. The molecule has 3 rings (SSSR count). The lowest BCUT2D eigenvalue weighted by Crippen LogP contribution is -2.28. The molecule has 0 aromatic rings. The van der Waals surface area contributed by atoms with Gasteiger partial charge >= 0.3 is 0 Å². The predicted molar refractivity (Wildman–Crippen MR) is 73.3 cm³/mol. The van der Waals surface area contributed by atoms with Gasteiger partial charge in [0.25, 0.3) is 0 Å². The van der Waals surface area contributed by atoms with Crippen LogP contribution in [-0.4, -0.2) is 32.4 Å². The average Bonchev–Trinajstić information content (AvgIpc) is 3.23. The smallest absolute Gasteiger partial charge is 0.243 e. The molecular weight excluding hydrogens is 262 g/mol. The minimum atomic E-state index is -2.84. The molecule has 5 heteroatoms. The number of allylic oxidation sites excluding steroid dienone is 1. The zero-order valence-corrected chi connectivity index (χ0v) is 11.9. The number of hydrogen-bond donors (Lipinski definition) is 1. The lowest BCUT2D eigenvalue weighted by atomic mass is 10.1. The van der Waals surface area contributed by atoms with Gasteiger partial charge in [-0.2, -0.15) is 0 Å². The summed E-state index contributed by atoms with van der Waals surface area (Å²) in [6.45, 7) is 0.497. The Balaban J connectivity index is 1.50. The van der Waals surface area contributed by atoms with Gasteiger partial charge in [-0.25, -0.2) is 8.42 Å². The van der Waals surface area contributed by atoms with Crippen LogP contribution in [0.3, 0.4) is 0 Å². The minimum Gasteiger partial charge on any atom is -0.352 e. The Bertz CT molecular complexity index is 487. The van der Waals surface area contributed by atoms with E-state index in [2.05, 4.69) is 5.32 Å². The average molecular weight is 283 g/mol. The van der Waals surface area contributed by atoms with Crippen LogP contribution in [0.25, 0.3) is 0 Å². The fraction of sp³-hybridized carbons (Fsp3) is 0.786. The highest BCUT2D eigenvalue weighted by molar-refractivity contribution is 7.91. The van der Waals surface area contributed by atoms with E-state index in [1.54, 1.807) is 6.08 Å². The van der Waals surface area contributed by atoms with E-state index in [1.165, 1.54) is 31.3 Å². The second-order valence-electron chi connectivity index (χ2n) is 6.21. The molecule has 1 unspecified atom stereocenters. The van der Waals surface area contributed by atoms with Crippen molar-refractivity contribution in [1.29, 1.82) is 0 Å². The first-order valence-electron chi connectivity index (χ1n) is 7.23. The van der Waals surface area contributed by atoms with Gasteiger partial charge in [0, 0.05) is 12.6 Å². The van der Waals surface area contributed by atoms with Gasteiger partial charge in [0.1, 0.15) is 0 Å². The zero-order valence-electron chi connectivity index (χ0n) is 11.1. The third kappa shape index (κ3) is 3.59. The molecule has 3 aliphatic rings. The van der Waals surface area contributed by atoms with Gasteiger partial charge in [-0.15, -0.1) is 0 Å². The number of amides is 1. The molecule has 0 spiro atoms. The molecule has 0 aromatic carbocycles. The Morgan fingerprint density at radius 1 is 1.11 bits per heavy atom. The number of rotatable bonds is 5. The van der Waals surface area contributed by atoms with E-state index in [1.807, 2.05) is 0 Å². The standard InChI is InChI=1S/C14H21NO3S/c16-14(7-13(11-1-2-11)12-3-4-12)15-8-10-5-6-19(17,18)9-10/h7,10-12H,1-6,8-9H2,(H,15,16). The maximum Gasteiger partial charge on any atom is 0.243 e. The van der Waals surface area contributed by atoms with Crippen molar-refractivity contribution in [3.63, 3.8) is 0 Å². The maximum atomic E-state index is 11.9. The van der Waals surface area contributed by atoms with Gasteiger partial charge < -0.3 is 5.32 Å². The quantitative estimate of drug-likeness (QED) is 0.773. The van der Waals surface area contributed by atoms with E-state index < -0.39 is 9.84 Å². The van der Waals surface area contributed by atoms with Crippen LogP contribution in [0.5, 0.6) is 0 Å². The summed E-state index contributed by atoms with van der Waals surface area (Å²) >= 11 is 0. The molecule has 1 heterocycles. The first-order chi connectivity index (χ1) is 9.03. The van der Waals surface area contributed by atoms with Crippen LogP contribution in [0.2, 0.25) is 0 Å². The summed E-state index contributed by atoms with van der Waals surface area (Å²) in [6, 6.07) is 0. The summed E-state index contributed by atoms with van der Waals surface area (Å²) in [5.41, 5.74) is 1.34. The van der Waals surface area contributed by atoms with Gasteiger partial charge in [0.05, 0.1) is 11.5 Å². The number of hydrogen-bond acceptors (Lipinski definition) is 3. The van der Waals surface area contributed by atoms with Crippen molar-refractivity contribution < 1.29 is 13.2 Å². The molecule has 19 heavy (non-hydrogen) atoms. The van der Waals surface area contributed by atoms with Crippen LogP contribution in [0, 0.1) is 17.8 Å². The van der Waals surface area contributed by atoms with Crippen molar-refractivity contribution in [1.82, 2.24) is 5.32 Å². The van der Waals surface area contributed by atoms with Crippen molar-refractivity contribution in [2.75, 3.05) is 18.1 Å². The summed E-state index contributed by atoms with van der Waals surface area (Å²) in [5.74, 6) is 1.90. The van der Waals surface area contributed by atoms with E-state index in [-0.39, 0.29) is 23.3 Å². The molecule has 2 aliphatic carbocycles. The van der Waals surface area contributed by atoms with E-state index in [4.69, 9.17) is 0 Å². The zero-order chi connectivity index (χ0) is 13.5. The molecule has 0 aromatic heterocycles. The molecule has 1 N–H and O–H groups in total. The van der Waals surface area contributed by atoms with Crippen molar-refractivity contribution in [3.8, 4) is 0 Å². The lowest BCUT2D eigenvalue weighted by Gasteiger charge is -2.09. The number of carbonyl (C=O) groups excluding carboxylic acids is 1. The summed E-state index contributed by atoms with van der Waals surface area (Å²) < 4.78 is 22.7. The molecule has 1 saturated heterocycles. The Kier molecular flexibility index (Phi) is 3.41. The molecule has 2 saturated carbocycles. The second kappa shape index (κ2) is 4.93. The molecule has 0 bridgehead atoms. The Morgan fingerprint density at radius 2 is 1.74 bits per heavy atom. The van der Waals surface area contributed by atoms with Crippen LogP contribution < -0.4 is 5.32 Å². The summed E-state index contributed by atoms with van der Waals surface area (Å²) in [7, 11) is -2.84. The first-order valence-corrected chi connectivity index (χ1v) is 9.05. The number of nitrogens with one attached hydrogen (secondary N) is 1. The third-order valence-electron chi connectivity index (χ3n) is 4.29. The van der Waals surface area contributed by atoms with E-state index >= 15 is 0 Å².